The molecule has 1 aliphatic heterocycles. The number of rotatable bonds is 4. The maximum Gasteiger partial charge on any atom is 0.330 e. The third-order valence-electron chi connectivity index (χ3n) is 3.87. The van der Waals surface area contributed by atoms with Crippen molar-refractivity contribution in [2.24, 2.45) is 0 Å². The highest BCUT2D eigenvalue weighted by molar-refractivity contribution is 5.99. The molecule has 0 amide bonds. The molecule has 2 N–H and O–H groups in total. The van der Waals surface area contributed by atoms with Gasteiger partial charge in [0.1, 0.15) is 12.3 Å². The molecule has 1 unspecified atom stereocenters. The lowest BCUT2D eigenvalue weighted by Crippen LogP contribution is -2.35. The van der Waals surface area contributed by atoms with Gasteiger partial charge in [0.2, 0.25) is 0 Å². The van der Waals surface area contributed by atoms with Crippen LogP contribution >= 0.6 is 0 Å². The molecule has 0 aliphatic carbocycles. The molecule has 0 spiro atoms. The molecular weight excluding hydrogens is 300 g/mol. The second kappa shape index (κ2) is 6.31. The Balaban J connectivity index is 1.73. The normalized spacial score (nSPS) is 22.0. The van der Waals surface area contributed by atoms with E-state index in [0.29, 0.717) is 18.4 Å². The number of aliphatic hydroxyl groups excluding tert-OH is 1. The summed E-state index contributed by atoms with van der Waals surface area (Å²) < 4.78 is 6.89. The van der Waals surface area contributed by atoms with Gasteiger partial charge in [0.05, 0.1) is 6.10 Å². The fourth-order valence-corrected chi connectivity index (χ4v) is 2.68. The second-order valence-electron chi connectivity index (χ2n) is 5.40. The van der Waals surface area contributed by atoms with E-state index in [-0.39, 0.29) is 0 Å². The largest absolute Gasteiger partial charge is 0.382 e. The molecule has 0 saturated carbocycles. The monoisotopic (exact) mass is 316 g/mol. The molecule has 2 heterocycles. The molecule has 3 atom stereocenters. The number of aromatic nitrogens is 2. The Bertz CT molecular complexity index is 811. The van der Waals surface area contributed by atoms with Crippen LogP contribution < -0.4 is 11.2 Å². The van der Waals surface area contributed by atoms with E-state index in [4.69, 9.17) is 4.74 Å². The topological polar surface area (TPSA) is 101 Å². The van der Waals surface area contributed by atoms with Gasteiger partial charge in [-0.3, -0.25) is 19.1 Å². The van der Waals surface area contributed by atoms with Crippen LogP contribution in [0, 0.1) is 0 Å². The van der Waals surface area contributed by atoms with Crippen LogP contribution in [0.1, 0.15) is 29.4 Å². The quantitative estimate of drug-likeness (QED) is 0.798. The Morgan fingerprint density at radius 2 is 1.96 bits per heavy atom. The Morgan fingerprint density at radius 3 is 2.65 bits per heavy atom. The number of carbonyl (C=O) groups is 1. The number of carbonyl (C=O) groups excluding carboxylic acids is 1. The molecule has 1 fully saturated rings. The molecule has 7 heteroatoms. The Labute approximate surface area is 131 Å². The Morgan fingerprint density at radius 1 is 1.22 bits per heavy atom. The average molecular weight is 316 g/mol. The fourth-order valence-electron chi connectivity index (χ4n) is 2.68. The van der Waals surface area contributed by atoms with Crippen molar-refractivity contribution in [1.82, 2.24) is 9.55 Å². The van der Waals surface area contributed by atoms with Crippen molar-refractivity contribution in [2.75, 3.05) is 0 Å². The zero-order chi connectivity index (χ0) is 16.4. The number of ether oxygens (including phenoxy) is 1. The first-order valence-electron chi connectivity index (χ1n) is 7.30. The molecule has 7 nitrogen and oxygen atoms in total. The van der Waals surface area contributed by atoms with Crippen LogP contribution in [0.25, 0.3) is 0 Å². The number of benzene rings is 1. The molecule has 1 aliphatic rings. The molecule has 120 valence electrons. The molecular formula is C16H16N2O5. The molecule has 0 radical (unpaired) electrons. The molecule has 1 saturated heterocycles. The predicted molar refractivity (Wildman–Crippen MR) is 81.2 cm³/mol. The van der Waals surface area contributed by atoms with Gasteiger partial charge in [0.15, 0.2) is 5.78 Å². The third kappa shape index (κ3) is 3.15. The van der Waals surface area contributed by atoms with Gasteiger partial charge in [0, 0.05) is 17.8 Å². The van der Waals surface area contributed by atoms with Gasteiger partial charge in [-0.15, -0.1) is 0 Å². The van der Waals surface area contributed by atoms with Gasteiger partial charge >= 0.3 is 5.69 Å². The number of aromatic amines is 1. The predicted octanol–water partition coefficient (Wildman–Crippen LogP) is 0.458. The zero-order valence-electron chi connectivity index (χ0n) is 12.2. The highest BCUT2D eigenvalue weighted by Crippen LogP contribution is 2.29. The van der Waals surface area contributed by atoms with Crippen molar-refractivity contribution in [2.45, 2.75) is 31.3 Å². The van der Waals surface area contributed by atoms with Gasteiger partial charge in [-0.1, -0.05) is 30.3 Å². The van der Waals surface area contributed by atoms with E-state index >= 15 is 0 Å². The van der Waals surface area contributed by atoms with Crippen LogP contribution in [0.5, 0.6) is 0 Å². The van der Waals surface area contributed by atoms with Crippen LogP contribution in [0.4, 0.5) is 0 Å². The highest BCUT2D eigenvalue weighted by atomic mass is 16.5. The lowest BCUT2D eigenvalue weighted by Gasteiger charge is -2.19. The smallest absolute Gasteiger partial charge is 0.330 e. The van der Waals surface area contributed by atoms with Crippen molar-refractivity contribution in [3.63, 3.8) is 0 Å². The summed E-state index contributed by atoms with van der Waals surface area (Å²) in [6, 6.07) is 9.71. The van der Waals surface area contributed by atoms with Gasteiger partial charge < -0.3 is 9.84 Å². The van der Waals surface area contributed by atoms with Crippen molar-refractivity contribution < 1.29 is 14.6 Å². The summed E-state index contributed by atoms with van der Waals surface area (Å²) in [5, 5.41) is 10.2. The first-order chi connectivity index (χ1) is 11.1. The Kier molecular flexibility index (Phi) is 4.22. The van der Waals surface area contributed by atoms with Gasteiger partial charge in [-0.25, -0.2) is 4.79 Å². The van der Waals surface area contributed by atoms with E-state index in [0.717, 1.165) is 0 Å². The first kappa shape index (κ1) is 15.4. The van der Waals surface area contributed by atoms with Gasteiger partial charge in [0.25, 0.3) is 5.56 Å². The number of H-pyrrole nitrogens is 1. The summed E-state index contributed by atoms with van der Waals surface area (Å²) >= 11 is 0. The molecule has 23 heavy (non-hydrogen) atoms. The summed E-state index contributed by atoms with van der Waals surface area (Å²) in [5.74, 6) is -0.412. The molecule has 2 aromatic rings. The van der Waals surface area contributed by atoms with Crippen molar-refractivity contribution >= 4 is 5.78 Å². The van der Waals surface area contributed by atoms with Crippen molar-refractivity contribution in [3.05, 3.63) is 69.0 Å². The van der Waals surface area contributed by atoms with E-state index < -0.39 is 35.5 Å². The summed E-state index contributed by atoms with van der Waals surface area (Å²) in [4.78, 5) is 37.2. The lowest BCUT2D eigenvalue weighted by molar-refractivity contribution is -0.0502. The minimum Gasteiger partial charge on any atom is -0.382 e. The third-order valence-corrected chi connectivity index (χ3v) is 3.87. The number of aliphatic hydroxyl groups is 1. The van der Waals surface area contributed by atoms with Gasteiger partial charge in [-0.2, -0.15) is 0 Å². The summed E-state index contributed by atoms with van der Waals surface area (Å²) in [7, 11) is 0. The second-order valence-corrected chi connectivity index (χ2v) is 5.40. The Hall–Kier alpha value is -2.51. The summed E-state index contributed by atoms with van der Waals surface area (Å²) in [5.41, 5.74) is -0.652. The van der Waals surface area contributed by atoms with Crippen LogP contribution in [0.2, 0.25) is 0 Å². The number of nitrogens with zero attached hydrogens (tertiary/aromatic N) is 1. The fraction of sp³-hybridized carbons (Fsp3) is 0.312. The molecule has 3 rings (SSSR count). The number of nitrogens with one attached hydrogen (secondary N) is 1. The molecule has 1 aromatic carbocycles. The number of hydrogen-bond acceptors (Lipinski definition) is 5. The SMILES string of the molecule is O=C(c1ccccc1)C(O)[C@@H]1CC[C@H](n2ccc(=O)[nH]c2=O)O1. The van der Waals surface area contributed by atoms with Crippen molar-refractivity contribution in [3.8, 4) is 0 Å². The summed E-state index contributed by atoms with van der Waals surface area (Å²) in [6.07, 6.45) is -0.333. The zero-order valence-corrected chi connectivity index (χ0v) is 12.2. The van der Waals surface area contributed by atoms with Gasteiger partial charge in [-0.05, 0) is 12.8 Å². The number of ketones is 1. The first-order valence-corrected chi connectivity index (χ1v) is 7.30. The van der Waals surface area contributed by atoms with E-state index in [1.54, 1.807) is 30.3 Å². The average Bonchev–Trinajstić information content (AvgIpc) is 3.04. The van der Waals surface area contributed by atoms with Crippen LogP contribution in [0.3, 0.4) is 0 Å². The van der Waals surface area contributed by atoms with E-state index in [1.165, 1.54) is 16.8 Å². The van der Waals surface area contributed by atoms with E-state index in [2.05, 4.69) is 4.98 Å². The minimum atomic E-state index is -1.29. The van der Waals surface area contributed by atoms with Crippen molar-refractivity contribution in [1.29, 1.82) is 0 Å². The van der Waals surface area contributed by atoms with Crippen LogP contribution in [-0.2, 0) is 4.74 Å². The van der Waals surface area contributed by atoms with E-state index in [9.17, 15) is 19.5 Å². The van der Waals surface area contributed by atoms with Crippen LogP contribution in [-0.4, -0.2) is 32.6 Å². The molecule has 1 aromatic heterocycles. The minimum absolute atomic E-state index is 0.410. The van der Waals surface area contributed by atoms with Crippen LogP contribution in [0.15, 0.2) is 52.2 Å². The summed E-state index contributed by atoms with van der Waals surface area (Å²) in [6.45, 7) is 0. The number of Topliss-reactive ketones (excluding diaryl/α,β-unsaturated/α-hetero) is 1. The maximum absolute atomic E-state index is 12.2. The molecule has 0 bridgehead atoms. The highest BCUT2D eigenvalue weighted by Gasteiger charge is 2.35. The maximum atomic E-state index is 12.2. The van der Waals surface area contributed by atoms with E-state index in [1.807, 2.05) is 0 Å². The standard InChI is InChI=1S/C16H16N2O5/c19-12-8-9-18(16(22)17-12)13-7-6-11(23-13)15(21)14(20)10-4-2-1-3-5-10/h1-5,8-9,11,13,15,21H,6-7H2,(H,17,19,22)/t11-,13+,15?/m0/s1. The number of hydrogen-bond donors (Lipinski definition) is 2. The lowest BCUT2D eigenvalue weighted by atomic mass is 10.0.